The minimum absolute atomic E-state index is 0.224. The van der Waals surface area contributed by atoms with Crippen LogP contribution in [0.15, 0.2) is 29.4 Å². The highest BCUT2D eigenvalue weighted by molar-refractivity contribution is 7.73. The van der Waals surface area contributed by atoms with Crippen LogP contribution in [0, 0.1) is 0 Å². The fraction of sp³-hybridized carbons (Fsp3) is 0.579. The average molecular weight is 450 g/mol. The van der Waals surface area contributed by atoms with Crippen molar-refractivity contribution in [3.63, 3.8) is 0 Å². The Morgan fingerprint density at radius 1 is 1.21 bits per heavy atom. The number of thiophene rings is 1. The molecule has 0 bridgehead atoms. The largest absolute Gasteiger partial charge is 0.366 e. The Balaban J connectivity index is 2.62. The summed E-state index contributed by atoms with van der Waals surface area (Å²) in [6, 6.07) is 3.95. The smallest absolute Gasteiger partial charge is 0.335 e. The maximum Gasteiger partial charge on any atom is 0.335 e. The summed E-state index contributed by atoms with van der Waals surface area (Å²) < 4.78 is 34.7. The van der Waals surface area contributed by atoms with Gasteiger partial charge in [-0.3, -0.25) is 9.13 Å². The van der Waals surface area contributed by atoms with Gasteiger partial charge in [0.05, 0.1) is 12.7 Å². The SMILES string of the molecule is CC(C)=CCC/C(C)=C/c1ccc(COCP(=O)(CP(=O)(O)O)OC(C)C)s1. The number of rotatable bonds is 12. The molecule has 160 valence electrons. The lowest BCUT2D eigenvalue weighted by Crippen LogP contribution is -2.08. The summed E-state index contributed by atoms with van der Waals surface area (Å²) in [5.41, 5.74) is 2.61. The van der Waals surface area contributed by atoms with Crippen LogP contribution in [0.5, 0.6) is 0 Å². The van der Waals surface area contributed by atoms with Gasteiger partial charge in [0.25, 0.3) is 0 Å². The third kappa shape index (κ3) is 11.5. The van der Waals surface area contributed by atoms with Gasteiger partial charge in [0.1, 0.15) is 12.3 Å². The second-order valence-corrected chi connectivity index (χ2v) is 13.1. The molecule has 1 aromatic heterocycles. The molecular formula is C19H32O6P2S. The van der Waals surface area contributed by atoms with E-state index in [0.717, 1.165) is 22.6 Å². The number of ether oxygens (including phenoxy) is 1. The fourth-order valence-electron chi connectivity index (χ4n) is 2.51. The van der Waals surface area contributed by atoms with Gasteiger partial charge in [0.2, 0.25) is 7.37 Å². The van der Waals surface area contributed by atoms with Crippen molar-refractivity contribution in [2.24, 2.45) is 0 Å². The standard InChI is InChI=1S/C19H32O6P2S/c1-15(2)7-6-8-17(5)11-18-9-10-19(28-18)12-24-13-26(20,25-16(3)4)14-27(21,22)23/h7,9-11,16H,6,8,12-14H2,1-5H3,(H2,21,22,23)/b17-11+. The lowest BCUT2D eigenvalue weighted by molar-refractivity contribution is 0.143. The van der Waals surface area contributed by atoms with Crippen LogP contribution in [0.1, 0.15) is 57.2 Å². The molecule has 2 N–H and O–H groups in total. The molecular weight excluding hydrogens is 418 g/mol. The third-order valence-electron chi connectivity index (χ3n) is 3.50. The molecule has 1 atom stereocenters. The summed E-state index contributed by atoms with van der Waals surface area (Å²) in [6.07, 6.45) is 5.67. The molecule has 0 saturated carbocycles. The second-order valence-electron chi connectivity index (χ2n) is 7.37. The van der Waals surface area contributed by atoms with E-state index >= 15 is 0 Å². The topological polar surface area (TPSA) is 93.1 Å². The van der Waals surface area contributed by atoms with Gasteiger partial charge in [-0.1, -0.05) is 17.2 Å². The lowest BCUT2D eigenvalue weighted by Gasteiger charge is -2.21. The summed E-state index contributed by atoms with van der Waals surface area (Å²) in [5, 5.41) is 0. The highest BCUT2D eigenvalue weighted by Gasteiger charge is 2.34. The van der Waals surface area contributed by atoms with E-state index in [1.165, 1.54) is 11.1 Å². The fourth-order valence-corrected chi connectivity index (χ4v) is 7.52. The Hall–Kier alpha value is -0.520. The van der Waals surface area contributed by atoms with Gasteiger partial charge >= 0.3 is 7.60 Å². The maximum atomic E-state index is 12.7. The molecule has 9 heteroatoms. The van der Waals surface area contributed by atoms with Crippen molar-refractivity contribution in [2.45, 2.75) is 60.2 Å². The van der Waals surface area contributed by atoms with E-state index in [0.29, 0.717) is 0 Å². The van der Waals surface area contributed by atoms with Crippen LogP contribution in [0.25, 0.3) is 6.08 Å². The third-order valence-corrected chi connectivity index (χ3v) is 9.08. The van der Waals surface area contributed by atoms with Crippen molar-refractivity contribution in [2.75, 3.05) is 12.3 Å². The zero-order valence-corrected chi connectivity index (χ0v) is 19.9. The summed E-state index contributed by atoms with van der Waals surface area (Å²) in [5.74, 6) is -0.804. The van der Waals surface area contributed by atoms with E-state index in [4.69, 9.17) is 19.0 Å². The first-order valence-corrected chi connectivity index (χ1v) is 13.8. The summed E-state index contributed by atoms with van der Waals surface area (Å²) in [4.78, 5) is 20.4. The van der Waals surface area contributed by atoms with Gasteiger partial charge in [-0.05, 0) is 65.7 Å². The first kappa shape index (κ1) is 25.5. The molecule has 0 aromatic carbocycles. The molecule has 1 heterocycles. The van der Waals surface area contributed by atoms with Crippen molar-refractivity contribution < 1.29 is 28.2 Å². The molecule has 0 aliphatic heterocycles. The van der Waals surface area contributed by atoms with E-state index in [-0.39, 0.29) is 13.0 Å². The zero-order valence-electron chi connectivity index (χ0n) is 17.3. The van der Waals surface area contributed by atoms with E-state index in [1.807, 2.05) is 12.1 Å². The number of allylic oxidation sites excluding steroid dienone is 3. The molecule has 0 amide bonds. The van der Waals surface area contributed by atoms with Gasteiger partial charge in [-0.15, -0.1) is 11.3 Å². The average Bonchev–Trinajstić information content (AvgIpc) is 2.90. The number of hydrogen-bond acceptors (Lipinski definition) is 5. The van der Waals surface area contributed by atoms with Crippen LogP contribution < -0.4 is 0 Å². The van der Waals surface area contributed by atoms with Crippen LogP contribution in [-0.2, 0) is 25.0 Å². The van der Waals surface area contributed by atoms with Crippen LogP contribution in [-0.4, -0.2) is 28.1 Å². The van der Waals surface area contributed by atoms with Crippen molar-refractivity contribution in [1.29, 1.82) is 0 Å². The van der Waals surface area contributed by atoms with Crippen molar-refractivity contribution in [1.82, 2.24) is 0 Å². The monoisotopic (exact) mass is 450 g/mol. The Labute approximate surface area is 172 Å². The zero-order chi connectivity index (χ0) is 21.4. The predicted octanol–water partition coefficient (Wildman–Crippen LogP) is 6.21. The van der Waals surface area contributed by atoms with Crippen LogP contribution in [0.2, 0.25) is 0 Å². The summed E-state index contributed by atoms with van der Waals surface area (Å²) in [7, 11) is -8.03. The van der Waals surface area contributed by atoms with E-state index in [9.17, 15) is 9.13 Å². The highest BCUT2D eigenvalue weighted by Crippen LogP contribution is 2.58. The quantitative estimate of drug-likeness (QED) is 0.290. The Bertz CT molecular complexity index is 771. The molecule has 0 saturated heterocycles. The van der Waals surface area contributed by atoms with Crippen molar-refractivity contribution in [3.8, 4) is 0 Å². The summed E-state index contributed by atoms with van der Waals surface area (Å²) in [6.45, 7) is 9.86. The molecule has 0 fully saturated rings. The van der Waals surface area contributed by atoms with E-state index < -0.39 is 27.0 Å². The van der Waals surface area contributed by atoms with Crippen molar-refractivity contribution in [3.05, 3.63) is 39.1 Å². The predicted molar refractivity (Wildman–Crippen MR) is 117 cm³/mol. The highest BCUT2D eigenvalue weighted by atomic mass is 32.1. The van der Waals surface area contributed by atoms with Gasteiger partial charge in [-0.25, -0.2) is 0 Å². The molecule has 0 spiro atoms. The molecule has 1 aromatic rings. The molecule has 6 nitrogen and oxygen atoms in total. The first-order valence-electron chi connectivity index (χ1n) is 9.16. The number of hydrogen-bond donors (Lipinski definition) is 2. The van der Waals surface area contributed by atoms with Gasteiger partial charge < -0.3 is 19.0 Å². The van der Waals surface area contributed by atoms with Gasteiger partial charge in [0.15, 0.2) is 0 Å². The maximum absolute atomic E-state index is 12.7. The van der Waals surface area contributed by atoms with Crippen LogP contribution >= 0.6 is 26.3 Å². The normalized spacial score (nSPS) is 14.9. The van der Waals surface area contributed by atoms with Crippen LogP contribution in [0.4, 0.5) is 0 Å². The summed E-state index contributed by atoms with van der Waals surface area (Å²) >= 11 is 1.58. The molecule has 0 aliphatic rings. The van der Waals surface area contributed by atoms with Crippen LogP contribution in [0.3, 0.4) is 0 Å². The molecule has 0 aliphatic carbocycles. The molecule has 28 heavy (non-hydrogen) atoms. The van der Waals surface area contributed by atoms with Gasteiger partial charge in [0, 0.05) is 9.75 Å². The Morgan fingerprint density at radius 3 is 2.46 bits per heavy atom. The second kappa shape index (κ2) is 11.6. The minimum Gasteiger partial charge on any atom is -0.366 e. The Kier molecular flexibility index (Phi) is 10.6. The van der Waals surface area contributed by atoms with E-state index in [1.54, 1.807) is 25.2 Å². The molecule has 1 unspecified atom stereocenters. The molecule has 1 rings (SSSR count). The molecule has 0 radical (unpaired) electrons. The Morgan fingerprint density at radius 2 is 1.89 bits per heavy atom. The van der Waals surface area contributed by atoms with Gasteiger partial charge in [-0.2, -0.15) is 0 Å². The van der Waals surface area contributed by atoms with E-state index in [2.05, 4.69) is 32.9 Å². The minimum atomic E-state index is -4.46. The first-order chi connectivity index (χ1) is 12.9. The lowest BCUT2D eigenvalue weighted by atomic mass is 10.1. The van der Waals surface area contributed by atoms with Crippen molar-refractivity contribution >= 4 is 32.4 Å².